The summed E-state index contributed by atoms with van der Waals surface area (Å²) in [5, 5.41) is 0. The number of benzene rings is 1. The Hall–Kier alpha value is -0.670. The molecule has 0 aromatic heterocycles. The fourth-order valence-corrected chi connectivity index (χ4v) is 2.30. The van der Waals surface area contributed by atoms with Gasteiger partial charge in [-0.05, 0) is 30.9 Å². The van der Waals surface area contributed by atoms with Crippen molar-refractivity contribution in [3.63, 3.8) is 0 Å². The Balaban J connectivity index is 0.00000128. The van der Waals surface area contributed by atoms with E-state index in [1.54, 1.807) is 0 Å². The molecule has 1 aliphatic carbocycles. The van der Waals surface area contributed by atoms with Gasteiger partial charge in [-0.1, -0.05) is 18.9 Å². The third-order valence-corrected chi connectivity index (χ3v) is 3.16. The highest BCUT2D eigenvalue weighted by atomic mass is 35.5. The van der Waals surface area contributed by atoms with E-state index in [1.165, 1.54) is 12.1 Å². The van der Waals surface area contributed by atoms with Crippen molar-refractivity contribution < 1.29 is 8.78 Å². The normalized spacial score (nSPS) is 18.2. The van der Waals surface area contributed by atoms with Gasteiger partial charge in [0.2, 0.25) is 0 Å². The Morgan fingerprint density at radius 2 is 1.81 bits per heavy atom. The van der Waals surface area contributed by atoms with E-state index >= 15 is 0 Å². The van der Waals surface area contributed by atoms with Crippen LogP contribution in [-0.4, -0.2) is 5.54 Å². The standard InChI is InChI=1S/C12H15F2N.ClH/c13-10-4-3-9(11(14)7-10)8-12(15)5-1-2-6-12;/h3-4,7H,1-2,5-6,8,15H2;1H. The fraction of sp³-hybridized carbons (Fsp3) is 0.500. The van der Waals surface area contributed by atoms with Gasteiger partial charge in [0.1, 0.15) is 11.6 Å². The molecule has 1 aliphatic rings. The Bertz CT molecular complexity index is 362. The van der Waals surface area contributed by atoms with Crippen LogP contribution in [0.2, 0.25) is 0 Å². The third kappa shape index (κ3) is 2.92. The Morgan fingerprint density at radius 3 is 2.38 bits per heavy atom. The quantitative estimate of drug-likeness (QED) is 0.853. The van der Waals surface area contributed by atoms with Gasteiger partial charge in [0.15, 0.2) is 0 Å². The maximum atomic E-state index is 13.4. The zero-order valence-corrected chi connectivity index (χ0v) is 9.83. The smallest absolute Gasteiger partial charge is 0.129 e. The predicted octanol–water partition coefficient (Wildman–Crippen LogP) is 3.20. The second-order valence-electron chi connectivity index (χ2n) is 4.48. The molecule has 90 valence electrons. The molecular formula is C12H16ClF2N. The zero-order valence-electron chi connectivity index (χ0n) is 9.01. The van der Waals surface area contributed by atoms with E-state index < -0.39 is 11.6 Å². The number of nitrogens with two attached hydrogens (primary N) is 1. The van der Waals surface area contributed by atoms with Crippen LogP contribution in [0.1, 0.15) is 31.2 Å². The molecule has 4 heteroatoms. The molecule has 0 bridgehead atoms. The average Bonchev–Trinajstić information content (AvgIpc) is 2.58. The van der Waals surface area contributed by atoms with Crippen LogP contribution < -0.4 is 5.73 Å². The van der Waals surface area contributed by atoms with Crippen LogP contribution in [0.25, 0.3) is 0 Å². The minimum Gasteiger partial charge on any atom is -0.325 e. The molecule has 1 saturated carbocycles. The first-order chi connectivity index (χ1) is 7.09. The highest BCUT2D eigenvalue weighted by molar-refractivity contribution is 5.85. The van der Waals surface area contributed by atoms with Crippen molar-refractivity contribution in [3.05, 3.63) is 35.4 Å². The molecule has 0 spiro atoms. The van der Waals surface area contributed by atoms with E-state index in [1.807, 2.05) is 0 Å². The third-order valence-electron chi connectivity index (χ3n) is 3.16. The van der Waals surface area contributed by atoms with Crippen molar-refractivity contribution in [3.8, 4) is 0 Å². The molecule has 0 unspecified atom stereocenters. The summed E-state index contributed by atoms with van der Waals surface area (Å²) in [6.45, 7) is 0. The topological polar surface area (TPSA) is 26.0 Å². The first kappa shape index (κ1) is 13.4. The largest absolute Gasteiger partial charge is 0.325 e. The van der Waals surface area contributed by atoms with Gasteiger partial charge >= 0.3 is 0 Å². The molecule has 1 fully saturated rings. The lowest BCUT2D eigenvalue weighted by molar-refractivity contribution is 0.426. The van der Waals surface area contributed by atoms with Gasteiger partial charge in [-0.2, -0.15) is 0 Å². The lowest BCUT2D eigenvalue weighted by atomic mass is 9.90. The predicted molar refractivity (Wildman–Crippen MR) is 62.7 cm³/mol. The molecule has 1 aromatic rings. The van der Waals surface area contributed by atoms with Crippen LogP contribution in [0.4, 0.5) is 8.78 Å². The van der Waals surface area contributed by atoms with E-state index in [-0.39, 0.29) is 17.9 Å². The fourth-order valence-electron chi connectivity index (χ4n) is 2.30. The Labute approximate surface area is 100 Å². The summed E-state index contributed by atoms with van der Waals surface area (Å²) in [7, 11) is 0. The lowest BCUT2D eigenvalue weighted by Crippen LogP contribution is -2.39. The molecular weight excluding hydrogens is 232 g/mol. The monoisotopic (exact) mass is 247 g/mol. The van der Waals surface area contributed by atoms with E-state index in [0.29, 0.717) is 12.0 Å². The van der Waals surface area contributed by atoms with Crippen LogP contribution in [0.5, 0.6) is 0 Å². The average molecular weight is 248 g/mol. The molecule has 0 atom stereocenters. The maximum absolute atomic E-state index is 13.4. The van der Waals surface area contributed by atoms with Crippen molar-refractivity contribution in [2.45, 2.75) is 37.6 Å². The number of hydrogen-bond acceptors (Lipinski definition) is 1. The van der Waals surface area contributed by atoms with Crippen LogP contribution in [-0.2, 0) is 6.42 Å². The van der Waals surface area contributed by atoms with Crippen LogP contribution in [0.3, 0.4) is 0 Å². The lowest BCUT2D eigenvalue weighted by Gasteiger charge is -2.23. The van der Waals surface area contributed by atoms with Crippen molar-refractivity contribution in [1.82, 2.24) is 0 Å². The summed E-state index contributed by atoms with van der Waals surface area (Å²) in [6, 6.07) is 3.71. The molecule has 0 heterocycles. The Morgan fingerprint density at radius 1 is 1.19 bits per heavy atom. The van der Waals surface area contributed by atoms with E-state index in [9.17, 15) is 8.78 Å². The molecule has 0 amide bonds. The van der Waals surface area contributed by atoms with Gasteiger partial charge in [0.05, 0.1) is 0 Å². The Kier molecular flexibility index (Phi) is 4.28. The summed E-state index contributed by atoms with van der Waals surface area (Å²) in [4.78, 5) is 0. The highest BCUT2D eigenvalue weighted by Crippen LogP contribution is 2.31. The molecule has 1 nitrogen and oxygen atoms in total. The van der Waals surface area contributed by atoms with Crippen LogP contribution >= 0.6 is 12.4 Å². The SMILES string of the molecule is Cl.NC1(Cc2ccc(F)cc2F)CCCC1. The van der Waals surface area contributed by atoms with Gasteiger partial charge in [-0.15, -0.1) is 12.4 Å². The van der Waals surface area contributed by atoms with Gasteiger partial charge < -0.3 is 5.73 Å². The number of hydrogen-bond donors (Lipinski definition) is 1. The second kappa shape index (κ2) is 5.11. The minimum atomic E-state index is -0.534. The molecule has 1 aromatic carbocycles. The summed E-state index contributed by atoms with van der Waals surface area (Å²) in [6.07, 6.45) is 4.60. The van der Waals surface area contributed by atoms with Crippen molar-refractivity contribution in [2.75, 3.05) is 0 Å². The number of rotatable bonds is 2. The van der Waals surface area contributed by atoms with Gasteiger partial charge in [-0.25, -0.2) is 8.78 Å². The first-order valence-corrected chi connectivity index (χ1v) is 5.32. The second-order valence-corrected chi connectivity index (χ2v) is 4.48. The van der Waals surface area contributed by atoms with E-state index in [4.69, 9.17) is 5.73 Å². The van der Waals surface area contributed by atoms with Gasteiger partial charge in [0.25, 0.3) is 0 Å². The first-order valence-electron chi connectivity index (χ1n) is 5.32. The molecule has 16 heavy (non-hydrogen) atoms. The summed E-state index contributed by atoms with van der Waals surface area (Å²) < 4.78 is 26.1. The van der Waals surface area contributed by atoms with Crippen LogP contribution in [0.15, 0.2) is 18.2 Å². The molecule has 0 radical (unpaired) electrons. The number of halogens is 3. The van der Waals surface area contributed by atoms with Gasteiger partial charge in [0, 0.05) is 11.6 Å². The molecule has 2 N–H and O–H groups in total. The van der Waals surface area contributed by atoms with E-state index in [2.05, 4.69) is 0 Å². The summed E-state index contributed by atoms with van der Waals surface area (Å²) in [5.74, 6) is -1.01. The molecule has 2 rings (SSSR count). The van der Waals surface area contributed by atoms with Crippen molar-refractivity contribution in [2.24, 2.45) is 5.73 Å². The van der Waals surface area contributed by atoms with Gasteiger partial charge in [-0.3, -0.25) is 0 Å². The summed E-state index contributed by atoms with van der Waals surface area (Å²) >= 11 is 0. The highest BCUT2D eigenvalue weighted by Gasteiger charge is 2.30. The zero-order chi connectivity index (χ0) is 10.9. The minimum absolute atomic E-state index is 0. The van der Waals surface area contributed by atoms with Crippen molar-refractivity contribution in [1.29, 1.82) is 0 Å². The van der Waals surface area contributed by atoms with E-state index in [0.717, 1.165) is 31.7 Å². The molecule has 0 aliphatic heterocycles. The molecule has 0 saturated heterocycles. The van der Waals surface area contributed by atoms with Crippen LogP contribution in [0, 0.1) is 11.6 Å². The van der Waals surface area contributed by atoms with Crippen molar-refractivity contribution >= 4 is 12.4 Å². The summed E-state index contributed by atoms with van der Waals surface area (Å²) in [5.41, 5.74) is 6.39. The maximum Gasteiger partial charge on any atom is 0.129 e.